The van der Waals surface area contributed by atoms with Crippen molar-refractivity contribution in [3.63, 3.8) is 0 Å². The van der Waals surface area contributed by atoms with E-state index in [2.05, 4.69) is 24.1 Å². The molecule has 524 valence electrons. The molecule has 91 heavy (non-hydrogen) atoms. The molecule has 0 aliphatic heterocycles. The third-order valence-corrected chi connectivity index (χ3v) is 24.7. The molecular formula is C64H93F13O10S4. The maximum absolute atomic E-state index is 13.2. The Hall–Kier alpha value is -2.75. The van der Waals surface area contributed by atoms with Gasteiger partial charge < -0.3 is 19.5 Å². The molecule has 4 fully saturated rings. The van der Waals surface area contributed by atoms with Crippen LogP contribution in [0.5, 0.6) is 11.5 Å². The van der Waals surface area contributed by atoms with Crippen LogP contribution >= 0.6 is 0 Å². The Labute approximate surface area is 534 Å². The van der Waals surface area contributed by atoms with Gasteiger partial charge in [-0.05, 0) is 207 Å². The van der Waals surface area contributed by atoms with E-state index >= 15 is 0 Å². The summed E-state index contributed by atoms with van der Waals surface area (Å²) in [6.45, 7) is 4.53. The number of hydrogen-bond acceptors (Lipinski definition) is 10. The summed E-state index contributed by atoms with van der Waals surface area (Å²) in [6.07, 6.45) is 10.3. The Morgan fingerprint density at radius 2 is 0.857 bits per heavy atom. The van der Waals surface area contributed by atoms with E-state index in [-0.39, 0.29) is 40.3 Å². The van der Waals surface area contributed by atoms with Crippen LogP contribution in [0.3, 0.4) is 0 Å². The van der Waals surface area contributed by atoms with Gasteiger partial charge in [-0.25, -0.2) is 0 Å². The van der Waals surface area contributed by atoms with Crippen LogP contribution in [0.1, 0.15) is 228 Å². The largest absolute Gasteiger partial charge is 0.508 e. The second kappa shape index (κ2) is 33.0. The maximum atomic E-state index is 13.2. The van der Waals surface area contributed by atoms with E-state index in [0.717, 1.165) is 160 Å². The molecule has 3 N–H and O–H groups in total. The van der Waals surface area contributed by atoms with E-state index in [0.29, 0.717) is 77.4 Å². The summed E-state index contributed by atoms with van der Waals surface area (Å²) in [5, 5.41) is 31.8. The maximum Gasteiger partial charge on any atom is 0.488 e. The van der Waals surface area contributed by atoms with Crippen LogP contribution in [0.4, 0.5) is 55.6 Å². The summed E-state index contributed by atoms with van der Waals surface area (Å²) in [7, 11) is -13.5. The molecule has 10 nitrogen and oxygen atoms in total. The average Bonchev–Trinajstić information content (AvgIpc) is 1.71. The van der Waals surface area contributed by atoms with Crippen molar-refractivity contribution in [2.45, 2.75) is 255 Å². The van der Waals surface area contributed by atoms with Crippen molar-refractivity contribution in [1.82, 2.24) is 0 Å². The highest BCUT2D eigenvalue weighted by molar-refractivity contribution is 7.85. The summed E-state index contributed by atoms with van der Waals surface area (Å²) in [5.74, 6) is -5.01. The molecule has 0 amide bonds. The van der Waals surface area contributed by atoms with Crippen molar-refractivity contribution in [3.05, 3.63) is 58.7 Å². The summed E-state index contributed by atoms with van der Waals surface area (Å²) in [6, 6.07) is 11.0. The minimum atomic E-state index is -5.67. The standard InChI is InChI=1S/C32H46F6O5S2.C32H47F5O3S.F2O2S/c1-30-17-15-26-25-12-11-24(43-45(38,41)42)21-23(25)20-22(29(26)27(30)13-14-28(30)39)10-7-5-3-2-4-6-8-18-44(40)19-9-16-31(33,34)32(35,36)37;1-30-17-15-26-25-12-11-24(38)21-23(25)20-22(29(26)27(30)13-14-28(30)39)10-7-5-3-2-4-6-8-18-41(40)19-9-16-31(33,34)32(35,36)37;1-5(2,3)4/h11-12,21-22,26-29,39H,2-10,13-20H2,1H3;11-12,21-22,26-29,38-39H,2-10,13-20H2,1H3;/t22-,26-,27+,28+,29-,30+,44?;22-,26-,27+,28+,29-,30+,41?;/m11./s1. The van der Waals surface area contributed by atoms with Gasteiger partial charge in [0.05, 0.1) is 12.2 Å². The molecule has 0 aromatic heterocycles. The predicted molar refractivity (Wildman–Crippen MR) is 325 cm³/mol. The van der Waals surface area contributed by atoms with Crippen LogP contribution in [0.2, 0.25) is 0 Å². The molecular weight excluding hydrogens is 1300 g/mol. The zero-order chi connectivity index (χ0) is 67.4. The summed E-state index contributed by atoms with van der Waals surface area (Å²) < 4.78 is 226. The highest BCUT2D eigenvalue weighted by atomic mass is 32.3. The van der Waals surface area contributed by atoms with Gasteiger partial charge in [0.25, 0.3) is 0 Å². The number of aromatic hydroxyl groups is 1. The van der Waals surface area contributed by atoms with E-state index in [1.165, 1.54) is 22.8 Å². The summed E-state index contributed by atoms with van der Waals surface area (Å²) in [5.41, 5.74) is 4.82. The average molecular weight is 1400 g/mol. The first-order chi connectivity index (χ1) is 42.3. The summed E-state index contributed by atoms with van der Waals surface area (Å²) >= 11 is 0. The molecule has 0 saturated heterocycles. The van der Waals surface area contributed by atoms with Gasteiger partial charge in [0.1, 0.15) is 11.5 Å². The van der Waals surface area contributed by atoms with Crippen molar-refractivity contribution < 1.29 is 100 Å². The summed E-state index contributed by atoms with van der Waals surface area (Å²) in [4.78, 5) is 0. The minimum absolute atomic E-state index is 0.0165. The Morgan fingerprint density at radius 1 is 0.505 bits per heavy atom. The predicted octanol–water partition coefficient (Wildman–Crippen LogP) is 17.4. The number of aliphatic hydroxyl groups is 2. The molecule has 2 unspecified atom stereocenters. The van der Waals surface area contributed by atoms with Gasteiger partial charge in [-0.15, -0.1) is 0 Å². The second-order valence-corrected chi connectivity index (χ2v) is 32.3. The van der Waals surface area contributed by atoms with E-state index in [1.54, 1.807) is 6.07 Å². The van der Waals surface area contributed by atoms with Crippen molar-refractivity contribution in [1.29, 1.82) is 0 Å². The smallest absolute Gasteiger partial charge is 0.488 e. The van der Waals surface area contributed by atoms with Crippen LogP contribution in [0, 0.1) is 46.3 Å². The van der Waals surface area contributed by atoms with Gasteiger partial charge >= 0.3 is 45.3 Å². The first-order valence-corrected chi connectivity index (χ1v) is 38.1. The fraction of sp³-hybridized carbons (Fsp3) is 0.812. The number of benzene rings is 2. The van der Waals surface area contributed by atoms with Gasteiger partial charge in [0, 0.05) is 57.5 Å². The zero-order valence-corrected chi connectivity index (χ0v) is 55.3. The molecule has 0 bridgehead atoms. The Bertz CT molecular complexity index is 2910. The Balaban J connectivity index is 0.000000270. The van der Waals surface area contributed by atoms with Gasteiger partial charge in [-0.1, -0.05) is 115 Å². The van der Waals surface area contributed by atoms with Crippen molar-refractivity contribution in [3.8, 4) is 11.5 Å². The fourth-order valence-corrected chi connectivity index (χ4v) is 19.5. The number of phenols is 1. The Kier molecular flexibility index (Phi) is 28.0. The van der Waals surface area contributed by atoms with Crippen LogP contribution in [-0.2, 0) is 55.6 Å². The SMILES string of the molecule is C[C@]12CC[C@@H]3c4ccc(O)cc4C[C@@H](CCCCCCCCCS(=O)CCCC(F)(F)C(F)(F)F)[C@H]3[C@@H]1CC[C@@H]2O.C[C@]12CC[C@@H]3c4ccc(OS(=O)(=O)F)cc4C[C@@H](CCCCCCCCCS(=O)CCCC(F)(F)C(F)(F)F)[C@H]3[C@@H]1CC[C@@H]2O.O=S(=O)(F)F. The quantitative estimate of drug-likeness (QED) is 0.0388. The monoisotopic (exact) mass is 1400 g/mol. The molecule has 2 aromatic carbocycles. The first kappa shape index (κ1) is 77.3. The third-order valence-electron chi connectivity index (χ3n) is 21.3. The molecule has 0 radical (unpaired) electrons. The number of hydrogen-bond donors (Lipinski definition) is 3. The van der Waals surface area contributed by atoms with Crippen LogP contribution < -0.4 is 4.18 Å². The Morgan fingerprint density at radius 3 is 1.24 bits per heavy atom. The normalized spacial score (nSPS) is 28.8. The van der Waals surface area contributed by atoms with E-state index in [1.807, 2.05) is 18.2 Å². The lowest BCUT2D eigenvalue weighted by Crippen LogP contribution is -2.47. The van der Waals surface area contributed by atoms with Gasteiger partial charge in [-0.3, -0.25) is 8.42 Å². The van der Waals surface area contributed by atoms with Crippen LogP contribution in [0.15, 0.2) is 36.4 Å². The van der Waals surface area contributed by atoms with Crippen LogP contribution in [-0.4, -0.2) is 100.0 Å². The molecule has 14 atom stereocenters. The molecule has 27 heteroatoms. The zero-order valence-electron chi connectivity index (χ0n) is 52.0. The number of halogens is 13. The van der Waals surface area contributed by atoms with Crippen LogP contribution in [0.25, 0.3) is 0 Å². The first-order valence-electron chi connectivity index (χ1n) is 32.5. The molecule has 6 aliphatic carbocycles. The number of phenolic OH excluding ortho intramolecular Hbond substituents is 1. The van der Waals surface area contributed by atoms with Gasteiger partial charge in [0.2, 0.25) is 0 Å². The number of alkyl halides is 10. The lowest BCUT2D eigenvalue weighted by atomic mass is 9.52. The molecule has 4 saturated carbocycles. The molecule has 8 rings (SSSR count). The van der Waals surface area contributed by atoms with Gasteiger partial charge in [0.15, 0.2) is 0 Å². The number of unbranched alkanes of at least 4 members (excludes halogenated alkanes) is 12. The van der Waals surface area contributed by atoms with E-state index in [9.17, 15) is 87.7 Å². The number of fused-ring (bicyclic) bond motifs is 10. The van der Waals surface area contributed by atoms with Crippen molar-refractivity contribution >= 4 is 42.7 Å². The molecule has 2 aromatic rings. The lowest BCUT2D eigenvalue weighted by molar-refractivity contribution is -0.284. The molecule has 0 spiro atoms. The topological polar surface area (TPSA) is 172 Å². The number of aliphatic hydroxyl groups excluding tert-OH is 2. The van der Waals surface area contributed by atoms with Gasteiger partial charge in [-0.2, -0.15) is 60.7 Å². The van der Waals surface area contributed by atoms with Crippen molar-refractivity contribution in [2.24, 2.45) is 46.3 Å². The minimum Gasteiger partial charge on any atom is -0.508 e. The van der Waals surface area contributed by atoms with E-state index < -0.39 is 92.6 Å². The molecule has 6 aliphatic rings. The van der Waals surface area contributed by atoms with E-state index in [4.69, 9.17) is 8.42 Å². The number of rotatable bonds is 30. The lowest BCUT2D eigenvalue weighted by Gasteiger charge is -2.53. The fourth-order valence-electron chi connectivity index (χ4n) is 16.7. The second-order valence-electron chi connectivity index (χ2n) is 27.2. The van der Waals surface area contributed by atoms with Crippen molar-refractivity contribution in [2.75, 3.05) is 23.0 Å². The highest BCUT2D eigenvalue weighted by Gasteiger charge is 2.60. The highest BCUT2D eigenvalue weighted by Crippen LogP contribution is 2.64. The molecule has 0 heterocycles. The third kappa shape index (κ3) is 21.9.